The molecule has 1 aromatic carbocycles. The minimum atomic E-state index is -0.632. The molecule has 0 aromatic heterocycles. The van der Waals surface area contributed by atoms with Crippen LogP contribution < -0.4 is 0 Å². The fourth-order valence-corrected chi connectivity index (χ4v) is 1.24. The summed E-state index contributed by atoms with van der Waals surface area (Å²) >= 11 is 3.24. The van der Waals surface area contributed by atoms with Gasteiger partial charge >= 0.3 is 0 Å². The quantitative estimate of drug-likeness (QED) is 0.756. The fraction of sp³-hybridized carbons (Fsp3) is 0.250. The molecule has 1 aromatic rings. The van der Waals surface area contributed by atoms with Gasteiger partial charge in [0.15, 0.2) is 0 Å². The van der Waals surface area contributed by atoms with E-state index in [1.807, 2.05) is 0 Å². The van der Waals surface area contributed by atoms with Crippen molar-refractivity contribution in [3.05, 3.63) is 28.2 Å². The lowest BCUT2D eigenvalue weighted by Gasteiger charge is -2.06. The van der Waals surface area contributed by atoms with Crippen molar-refractivity contribution in [3.63, 3.8) is 0 Å². The SMILES string of the molecule is C[C@@H](O)c1cc(Br)ccc1O. The number of aromatic hydroxyl groups is 1. The molecule has 0 aliphatic heterocycles. The molecule has 2 nitrogen and oxygen atoms in total. The summed E-state index contributed by atoms with van der Waals surface area (Å²) in [4.78, 5) is 0. The summed E-state index contributed by atoms with van der Waals surface area (Å²) < 4.78 is 0.853. The van der Waals surface area contributed by atoms with Crippen LogP contribution in [-0.2, 0) is 0 Å². The number of hydrogen-bond donors (Lipinski definition) is 2. The van der Waals surface area contributed by atoms with E-state index in [-0.39, 0.29) is 5.75 Å². The van der Waals surface area contributed by atoms with Gasteiger partial charge in [-0.05, 0) is 25.1 Å². The lowest BCUT2D eigenvalue weighted by molar-refractivity contribution is 0.195. The molecule has 0 saturated heterocycles. The van der Waals surface area contributed by atoms with Crippen LogP contribution in [0.4, 0.5) is 0 Å². The van der Waals surface area contributed by atoms with E-state index in [1.165, 1.54) is 0 Å². The van der Waals surface area contributed by atoms with E-state index < -0.39 is 6.10 Å². The summed E-state index contributed by atoms with van der Waals surface area (Å²) in [7, 11) is 0. The van der Waals surface area contributed by atoms with Gasteiger partial charge in [0.1, 0.15) is 5.75 Å². The number of aliphatic hydroxyl groups excluding tert-OH is 1. The molecule has 0 heterocycles. The number of halogens is 1. The van der Waals surface area contributed by atoms with E-state index in [9.17, 15) is 5.11 Å². The van der Waals surface area contributed by atoms with E-state index in [4.69, 9.17) is 5.11 Å². The van der Waals surface area contributed by atoms with Gasteiger partial charge in [0.2, 0.25) is 0 Å². The minimum Gasteiger partial charge on any atom is -0.508 e. The van der Waals surface area contributed by atoms with E-state index in [1.54, 1.807) is 25.1 Å². The third-order valence-electron chi connectivity index (χ3n) is 1.44. The van der Waals surface area contributed by atoms with Crippen molar-refractivity contribution in [2.75, 3.05) is 0 Å². The third kappa shape index (κ3) is 1.94. The highest BCUT2D eigenvalue weighted by Gasteiger charge is 2.06. The minimum absolute atomic E-state index is 0.128. The molecule has 0 aliphatic rings. The summed E-state index contributed by atoms with van der Waals surface area (Å²) in [5.41, 5.74) is 0.541. The average molecular weight is 217 g/mol. The van der Waals surface area contributed by atoms with Crippen LogP contribution in [-0.4, -0.2) is 10.2 Å². The largest absolute Gasteiger partial charge is 0.508 e. The molecule has 0 fully saturated rings. The van der Waals surface area contributed by atoms with Gasteiger partial charge in [0.25, 0.3) is 0 Å². The van der Waals surface area contributed by atoms with Crippen LogP contribution in [0.15, 0.2) is 22.7 Å². The Balaban J connectivity index is 3.13. The maximum absolute atomic E-state index is 9.22. The van der Waals surface area contributed by atoms with Gasteiger partial charge in [-0.25, -0.2) is 0 Å². The first-order chi connectivity index (χ1) is 5.11. The Morgan fingerprint density at radius 3 is 2.55 bits per heavy atom. The highest BCUT2D eigenvalue weighted by atomic mass is 79.9. The van der Waals surface area contributed by atoms with Crippen molar-refractivity contribution < 1.29 is 10.2 Å². The molecule has 0 bridgehead atoms. The molecule has 0 unspecified atom stereocenters. The Labute approximate surface area is 73.6 Å². The van der Waals surface area contributed by atoms with E-state index in [0.717, 1.165) is 4.47 Å². The zero-order valence-corrected chi connectivity index (χ0v) is 7.67. The molecular formula is C8H9BrO2. The van der Waals surface area contributed by atoms with E-state index in [0.29, 0.717) is 5.56 Å². The Hall–Kier alpha value is -0.540. The molecule has 1 atom stereocenters. The fourth-order valence-electron chi connectivity index (χ4n) is 0.860. The average Bonchev–Trinajstić information content (AvgIpc) is 1.94. The molecule has 11 heavy (non-hydrogen) atoms. The van der Waals surface area contributed by atoms with Gasteiger partial charge in [-0.3, -0.25) is 0 Å². The summed E-state index contributed by atoms with van der Waals surface area (Å²) in [5.74, 6) is 0.128. The highest BCUT2D eigenvalue weighted by Crippen LogP contribution is 2.26. The first-order valence-corrected chi connectivity index (χ1v) is 4.07. The predicted molar refractivity (Wildman–Crippen MR) is 46.4 cm³/mol. The van der Waals surface area contributed by atoms with Gasteiger partial charge < -0.3 is 10.2 Å². The second kappa shape index (κ2) is 3.24. The standard InChI is InChI=1S/C8H9BrO2/c1-5(10)7-4-6(9)2-3-8(7)11/h2-5,10-11H,1H3/t5-/m1/s1. The third-order valence-corrected chi connectivity index (χ3v) is 1.93. The van der Waals surface area contributed by atoms with E-state index in [2.05, 4.69) is 15.9 Å². The number of aliphatic hydroxyl groups is 1. The predicted octanol–water partition coefficient (Wildman–Crippen LogP) is 2.21. The molecule has 60 valence electrons. The van der Waals surface area contributed by atoms with Crippen molar-refractivity contribution in [1.82, 2.24) is 0 Å². The van der Waals surface area contributed by atoms with Gasteiger partial charge in [-0.15, -0.1) is 0 Å². The van der Waals surface area contributed by atoms with Gasteiger partial charge in [0, 0.05) is 10.0 Å². The smallest absolute Gasteiger partial charge is 0.121 e. The zero-order valence-electron chi connectivity index (χ0n) is 6.08. The number of hydrogen-bond acceptors (Lipinski definition) is 2. The lowest BCUT2D eigenvalue weighted by Crippen LogP contribution is -1.90. The maximum atomic E-state index is 9.22. The number of rotatable bonds is 1. The van der Waals surface area contributed by atoms with Crippen molar-refractivity contribution in [3.8, 4) is 5.75 Å². The second-order valence-electron chi connectivity index (χ2n) is 2.38. The van der Waals surface area contributed by atoms with Crippen LogP contribution in [0.1, 0.15) is 18.6 Å². The Morgan fingerprint density at radius 1 is 1.45 bits per heavy atom. The first kappa shape index (κ1) is 8.56. The molecule has 0 saturated carbocycles. The van der Waals surface area contributed by atoms with Crippen LogP contribution in [0.5, 0.6) is 5.75 Å². The molecule has 0 amide bonds. The lowest BCUT2D eigenvalue weighted by atomic mass is 10.1. The second-order valence-corrected chi connectivity index (χ2v) is 3.29. The molecule has 0 spiro atoms. The Bertz CT molecular complexity index is 258. The summed E-state index contributed by atoms with van der Waals surface area (Å²) in [6.07, 6.45) is -0.632. The summed E-state index contributed by atoms with van der Waals surface area (Å²) in [6.45, 7) is 1.61. The van der Waals surface area contributed by atoms with Crippen LogP contribution in [0.2, 0.25) is 0 Å². The topological polar surface area (TPSA) is 40.5 Å². The highest BCUT2D eigenvalue weighted by molar-refractivity contribution is 9.10. The first-order valence-electron chi connectivity index (χ1n) is 3.27. The van der Waals surface area contributed by atoms with Crippen LogP contribution in [0, 0.1) is 0 Å². The molecule has 0 radical (unpaired) electrons. The number of phenolic OH excluding ortho intramolecular Hbond substituents is 1. The summed E-state index contributed by atoms with van der Waals surface area (Å²) in [6, 6.07) is 4.97. The van der Waals surface area contributed by atoms with Crippen LogP contribution in [0.25, 0.3) is 0 Å². The Morgan fingerprint density at radius 2 is 2.09 bits per heavy atom. The van der Waals surface area contributed by atoms with Crippen molar-refractivity contribution in [1.29, 1.82) is 0 Å². The van der Waals surface area contributed by atoms with Crippen LogP contribution >= 0.6 is 15.9 Å². The zero-order chi connectivity index (χ0) is 8.43. The maximum Gasteiger partial charge on any atom is 0.121 e. The van der Waals surface area contributed by atoms with Gasteiger partial charge in [-0.2, -0.15) is 0 Å². The number of benzene rings is 1. The molecule has 2 N–H and O–H groups in total. The van der Waals surface area contributed by atoms with Gasteiger partial charge in [-0.1, -0.05) is 15.9 Å². The Kier molecular flexibility index (Phi) is 2.52. The van der Waals surface area contributed by atoms with Crippen molar-refractivity contribution >= 4 is 15.9 Å². The number of phenols is 1. The molecular weight excluding hydrogens is 208 g/mol. The van der Waals surface area contributed by atoms with Crippen molar-refractivity contribution in [2.45, 2.75) is 13.0 Å². The molecule has 0 aliphatic carbocycles. The van der Waals surface area contributed by atoms with Crippen molar-refractivity contribution in [2.24, 2.45) is 0 Å². The normalized spacial score (nSPS) is 13.0. The van der Waals surface area contributed by atoms with Gasteiger partial charge in [0.05, 0.1) is 6.10 Å². The van der Waals surface area contributed by atoms with E-state index >= 15 is 0 Å². The monoisotopic (exact) mass is 216 g/mol. The summed E-state index contributed by atoms with van der Waals surface area (Å²) in [5, 5.41) is 18.4. The van der Waals surface area contributed by atoms with Crippen LogP contribution in [0.3, 0.4) is 0 Å². The molecule has 3 heteroatoms. The molecule has 1 rings (SSSR count).